The number of nitrogens with zero attached hydrogens (tertiary/aromatic N) is 5. The maximum absolute atomic E-state index is 5.82. The highest BCUT2D eigenvalue weighted by atomic mass is 15.2. The fraction of sp³-hybridized carbons (Fsp3) is 0. The Morgan fingerprint density at radius 2 is 1.75 bits per heavy atom. The molecular weight excluding hydrogens is 252 g/mol. The van der Waals surface area contributed by atoms with Gasteiger partial charge in [0.25, 0.3) is 0 Å². The van der Waals surface area contributed by atoms with Crippen LogP contribution in [-0.2, 0) is 0 Å². The molecule has 96 valence electrons. The summed E-state index contributed by atoms with van der Waals surface area (Å²) >= 11 is 0. The molecule has 0 saturated carbocycles. The van der Waals surface area contributed by atoms with Gasteiger partial charge in [-0.05, 0) is 30.3 Å². The number of anilines is 1. The van der Waals surface area contributed by atoms with E-state index in [1.807, 2.05) is 34.9 Å². The smallest absolute Gasteiger partial charge is 0.168 e. The van der Waals surface area contributed by atoms with E-state index in [2.05, 4.69) is 20.2 Å². The maximum Gasteiger partial charge on any atom is 0.168 e. The molecule has 0 radical (unpaired) electrons. The Morgan fingerprint density at radius 3 is 2.65 bits per heavy atom. The lowest BCUT2D eigenvalue weighted by Crippen LogP contribution is -1.93. The minimum Gasteiger partial charge on any atom is -0.398 e. The van der Waals surface area contributed by atoms with Crippen molar-refractivity contribution in [3.8, 4) is 11.4 Å². The van der Waals surface area contributed by atoms with E-state index in [0.717, 1.165) is 28.1 Å². The zero-order chi connectivity index (χ0) is 13.5. The highest BCUT2D eigenvalue weighted by Gasteiger charge is 2.09. The van der Waals surface area contributed by atoms with Gasteiger partial charge in [-0.25, -0.2) is 0 Å². The van der Waals surface area contributed by atoms with Crippen LogP contribution in [0.2, 0.25) is 0 Å². The van der Waals surface area contributed by atoms with Gasteiger partial charge in [-0.15, -0.1) is 10.2 Å². The molecule has 0 amide bonds. The fourth-order valence-corrected chi connectivity index (χ4v) is 2.21. The SMILES string of the molecule is Nc1ccc2nnc(-c3ccc4nccnc4c3)n2c1. The number of hydrogen-bond donors (Lipinski definition) is 1. The number of rotatable bonds is 1. The molecule has 3 heterocycles. The van der Waals surface area contributed by atoms with Crippen LogP contribution in [0.15, 0.2) is 48.9 Å². The summed E-state index contributed by atoms with van der Waals surface area (Å²) < 4.78 is 1.87. The summed E-state index contributed by atoms with van der Waals surface area (Å²) in [4.78, 5) is 8.56. The van der Waals surface area contributed by atoms with E-state index >= 15 is 0 Å². The normalized spacial score (nSPS) is 11.2. The molecule has 0 atom stereocenters. The maximum atomic E-state index is 5.82. The van der Waals surface area contributed by atoms with Crippen LogP contribution < -0.4 is 5.73 Å². The van der Waals surface area contributed by atoms with Gasteiger partial charge >= 0.3 is 0 Å². The molecule has 0 unspecified atom stereocenters. The summed E-state index contributed by atoms with van der Waals surface area (Å²) in [6.07, 6.45) is 5.16. The van der Waals surface area contributed by atoms with Crippen molar-refractivity contribution < 1.29 is 0 Å². The Labute approximate surface area is 113 Å². The van der Waals surface area contributed by atoms with Crippen molar-refractivity contribution in [2.24, 2.45) is 0 Å². The third-order valence-corrected chi connectivity index (χ3v) is 3.15. The quantitative estimate of drug-likeness (QED) is 0.566. The van der Waals surface area contributed by atoms with E-state index in [0.29, 0.717) is 5.69 Å². The lowest BCUT2D eigenvalue weighted by Gasteiger charge is -2.02. The summed E-state index contributed by atoms with van der Waals surface area (Å²) in [7, 11) is 0. The molecule has 4 aromatic rings. The van der Waals surface area contributed by atoms with Crippen molar-refractivity contribution in [3.05, 3.63) is 48.9 Å². The third-order valence-electron chi connectivity index (χ3n) is 3.15. The lowest BCUT2D eigenvalue weighted by atomic mass is 10.2. The molecule has 0 fully saturated rings. The van der Waals surface area contributed by atoms with Crippen molar-refractivity contribution in [3.63, 3.8) is 0 Å². The Hall–Kier alpha value is -3.02. The summed E-state index contributed by atoms with van der Waals surface area (Å²) in [6.45, 7) is 0. The number of fused-ring (bicyclic) bond motifs is 2. The fourth-order valence-electron chi connectivity index (χ4n) is 2.21. The first-order valence-electron chi connectivity index (χ1n) is 6.13. The van der Waals surface area contributed by atoms with Crippen molar-refractivity contribution in [1.82, 2.24) is 24.6 Å². The van der Waals surface area contributed by atoms with Crippen LogP contribution in [-0.4, -0.2) is 24.6 Å². The van der Waals surface area contributed by atoms with Gasteiger partial charge in [-0.2, -0.15) is 0 Å². The predicted molar refractivity (Wildman–Crippen MR) is 75.9 cm³/mol. The molecule has 2 N–H and O–H groups in total. The van der Waals surface area contributed by atoms with E-state index in [4.69, 9.17) is 5.73 Å². The summed E-state index contributed by atoms with van der Waals surface area (Å²) in [5.41, 5.74) is 9.85. The summed E-state index contributed by atoms with van der Waals surface area (Å²) in [6, 6.07) is 9.47. The van der Waals surface area contributed by atoms with Crippen LogP contribution in [0.3, 0.4) is 0 Å². The highest BCUT2D eigenvalue weighted by Crippen LogP contribution is 2.22. The molecule has 20 heavy (non-hydrogen) atoms. The Bertz CT molecular complexity index is 927. The monoisotopic (exact) mass is 262 g/mol. The molecule has 3 aromatic heterocycles. The minimum absolute atomic E-state index is 0.666. The summed E-state index contributed by atoms with van der Waals surface area (Å²) in [5.74, 6) is 0.736. The first kappa shape index (κ1) is 10.9. The highest BCUT2D eigenvalue weighted by molar-refractivity contribution is 5.79. The first-order chi connectivity index (χ1) is 9.81. The van der Waals surface area contributed by atoms with Gasteiger partial charge in [-0.3, -0.25) is 14.4 Å². The third kappa shape index (κ3) is 1.58. The topological polar surface area (TPSA) is 82.0 Å². The molecule has 0 saturated heterocycles. The zero-order valence-electron chi connectivity index (χ0n) is 10.4. The number of pyridine rings is 1. The first-order valence-corrected chi connectivity index (χ1v) is 6.13. The minimum atomic E-state index is 0.666. The van der Waals surface area contributed by atoms with Crippen LogP contribution in [0.1, 0.15) is 0 Å². The van der Waals surface area contributed by atoms with Crippen LogP contribution in [0.4, 0.5) is 5.69 Å². The van der Waals surface area contributed by atoms with Crippen molar-refractivity contribution in [2.75, 3.05) is 5.73 Å². The van der Waals surface area contributed by atoms with Crippen molar-refractivity contribution in [1.29, 1.82) is 0 Å². The average Bonchev–Trinajstić information content (AvgIpc) is 2.89. The molecule has 0 aliphatic rings. The van der Waals surface area contributed by atoms with E-state index in [-0.39, 0.29) is 0 Å². The molecule has 0 bridgehead atoms. The van der Waals surface area contributed by atoms with E-state index in [9.17, 15) is 0 Å². The largest absolute Gasteiger partial charge is 0.398 e. The molecule has 0 aliphatic heterocycles. The molecule has 0 aliphatic carbocycles. The number of hydrogen-bond acceptors (Lipinski definition) is 5. The van der Waals surface area contributed by atoms with Gasteiger partial charge in [0.05, 0.1) is 11.0 Å². The van der Waals surface area contributed by atoms with Crippen LogP contribution in [0, 0.1) is 0 Å². The second-order valence-corrected chi connectivity index (χ2v) is 4.47. The second kappa shape index (κ2) is 3.99. The van der Waals surface area contributed by atoms with Gasteiger partial charge in [0.15, 0.2) is 11.5 Å². The van der Waals surface area contributed by atoms with Gasteiger partial charge in [0.1, 0.15) is 0 Å². The Kier molecular flexibility index (Phi) is 2.17. The van der Waals surface area contributed by atoms with Crippen molar-refractivity contribution >= 4 is 22.4 Å². The molecule has 6 nitrogen and oxygen atoms in total. The molecule has 1 aromatic carbocycles. The average molecular weight is 262 g/mol. The van der Waals surface area contributed by atoms with Crippen molar-refractivity contribution in [2.45, 2.75) is 0 Å². The van der Waals surface area contributed by atoms with E-state index in [1.165, 1.54) is 0 Å². The molecule has 4 rings (SSSR count). The standard InChI is InChI=1S/C14H10N6/c15-10-2-4-13-18-19-14(20(13)8-10)9-1-3-11-12(7-9)17-6-5-16-11/h1-8H,15H2. The van der Waals surface area contributed by atoms with Crippen LogP contribution in [0.25, 0.3) is 28.1 Å². The van der Waals surface area contributed by atoms with Gasteiger partial charge < -0.3 is 5.73 Å². The molecular formula is C14H10N6. The number of aromatic nitrogens is 5. The second-order valence-electron chi connectivity index (χ2n) is 4.47. The molecule has 6 heteroatoms. The Morgan fingerprint density at radius 1 is 0.900 bits per heavy atom. The van der Waals surface area contributed by atoms with Crippen LogP contribution >= 0.6 is 0 Å². The zero-order valence-corrected chi connectivity index (χ0v) is 10.4. The van der Waals surface area contributed by atoms with E-state index in [1.54, 1.807) is 18.5 Å². The van der Waals surface area contributed by atoms with E-state index < -0.39 is 0 Å². The number of benzene rings is 1. The van der Waals surface area contributed by atoms with Crippen LogP contribution in [0.5, 0.6) is 0 Å². The predicted octanol–water partition coefficient (Wildman–Crippen LogP) is 1.92. The number of nitrogens with two attached hydrogens (primary N) is 1. The molecule has 0 spiro atoms. The van der Waals surface area contributed by atoms with Gasteiger partial charge in [0.2, 0.25) is 0 Å². The van der Waals surface area contributed by atoms with Gasteiger partial charge in [-0.1, -0.05) is 0 Å². The summed E-state index contributed by atoms with van der Waals surface area (Å²) in [5, 5.41) is 8.36. The van der Waals surface area contributed by atoms with Gasteiger partial charge in [0, 0.05) is 29.8 Å². The Balaban J connectivity index is 1.98. The lowest BCUT2D eigenvalue weighted by molar-refractivity contribution is 1.11. The number of nitrogen functional groups attached to an aromatic ring is 1.